The summed E-state index contributed by atoms with van der Waals surface area (Å²) in [6.07, 6.45) is -0.320. The van der Waals surface area contributed by atoms with Gasteiger partial charge in [0.05, 0.1) is 18.8 Å². The number of nitrogens with one attached hydrogen (secondary N) is 1. The maximum Gasteiger partial charge on any atom is 0.262 e. The van der Waals surface area contributed by atoms with Gasteiger partial charge in [-0.1, -0.05) is 35.9 Å². The van der Waals surface area contributed by atoms with Gasteiger partial charge >= 0.3 is 0 Å². The van der Waals surface area contributed by atoms with E-state index in [4.69, 9.17) is 16.3 Å². The monoisotopic (exact) mass is 419 g/mol. The van der Waals surface area contributed by atoms with Gasteiger partial charge in [0.15, 0.2) is 0 Å². The number of halogens is 1. The molecule has 5 nitrogen and oxygen atoms in total. The van der Waals surface area contributed by atoms with Gasteiger partial charge in [0.1, 0.15) is 6.17 Å². The van der Waals surface area contributed by atoms with E-state index in [1.54, 1.807) is 0 Å². The van der Waals surface area contributed by atoms with Crippen molar-refractivity contribution in [2.75, 3.05) is 41.4 Å². The van der Waals surface area contributed by atoms with E-state index in [2.05, 4.69) is 22.3 Å². The van der Waals surface area contributed by atoms with Crippen molar-refractivity contribution in [1.82, 2.24) is 0 Å². The molecule has 0 saturated carbocycles. The number of anilines is 3. The lowest BCUT2D eigenvalue weighted by atomic mass is 10.0. The van der Waals surface area contributed by atoms with Crippen LogP contribution in [0.15, 0.2) is 72.8 Å². The number of fused-ring (bicyclic) bond motifs is 1. The third-order valence-electron chi connectivity index (χ3n) is 5.62. The maximum atomic E-state index is 13.5. The van der Waals surface area contributed by atoms with Gasteiger partial charge in [-0.15, -0.1) is 0 Å². The fourth-order valence-corrected chi connectivity index (χ4v) is 4.17. The average Bonchev–Trinajstić information content (AvgIpc) is 2.80. The molecule has 152 valence electrons. The molecule has 1 N–H and O–H groups in total. The van der Waals surface area contributed by atoms with E-state index in [0.29, 0.717) is 10.6 Å². The first-order valence-electron chi connectivity index (χ1n) is 10.1. The van der Waals surface area contributed by atoms with Crippen molar-refractivity contribution in [2.45, 2.75) is 6.17 Å². The van der Waals surface area contributed by atoms with Crippen molar-refractivity contribution in [3.8, 4) is 0 Å². The Balaban J connectivity index is 1.52. The van der Waals surface area contributed by atoms with Gasteiger partial charge in [0.25, 0.3) is 5.91 Å². The average molecular weight is 420 g/mol. The molecule has 1 fully saturated rings. The number of morpholine rings is 1. The molecule has 2 aliphatic heterocycles. The second-order valence-corrected chi connectivity index (χ2v) is 7.87. The smallest absolute Gasteiger partial charge is 0.262 e. The van der Waals surface area contributed by atoms with E-state index in [-0.39, 0.29) is 12.1 Å². The van der Waals surface area contributed by atoms with Gasteiger partial charge in [-0.05, 0) is 54.1 Å². The lowest BCUT2D eigenvalue weighted by Crippen LogP contribution is -2.43. The third kappa shape index (κ3) is 3.51. The van der Waals surface area contributed by atoms with Gasteiger partial charge < -0.3 is 15.0 Å². The Morgan fingerprint density at radius 3 is 2.27 bits per heavy atom. The Bertz CT molecular complexity index is 1050. The molecular weight excluding hydrogens is 398 g/mol. The number of hydrogen-bond acceptors (Lipinski definition) is 4. The van der Waals surface area contributed by atoms with E-state index in [1.165, 1.54) is 0 Å². The van der Waals surface area contributed by atoms with Crippen LogP contribution in [-0.2, 0) is 4.74 Å². The number of hydrogen-bond donors (Lipinski definition) is 1. The summed E-state index contributed by atoms with van der Waals surface area (Å²) in [6, 6.07) is 23.4. The molecule has 2 heterocycles. The molecular formula is C24H22ClN3O2. The van der Waals surface area contributed by atoms with Crippen LogP contribution in [0.2, 0.25) is 5.02 Å². The Labute approximate surface area is 180 Å². The third-order valence-corrected chi connectivity index (χ3v) is 5.87. The molecule has 0 aliphatic carbocycles. The standard InChI is InChI=1S/C24H22ClN3O2/c25-18-7-5-17(6-8-18)23-26-22-4-2-1-3-21(22)24(29)28(23)20-11-9-19(10-12-20)27-13-15-30-16-14-27/h1-12,23,26H,13-16H2/t23-/m0/s1. The van der Waals surface area contributed by atoms with Crippen molar-refractivity contribution < 1.29 is 9.53 Å². The number of ether oxygens (including phenoxy) is 1. The second-order valence-electron chi connectivity index (χ2n) is 7.43. The molecule has 0 bridgehead atoms. The van der Waals surface area contributed by atoms with Crippen LogP contribution < -0.4 is 15.1 Å². The van der Waals surface area contributed by atoms with Crippen LogP contribution in [0.1, 0.15) is 22.1 Å². The van der Waals surface area contributed by atoms with E-state index < -0.39 is 0 Å². The second kappa shape index (κ2) is 8.01. The highest BCUT2D eigenvalue weighted by molar-refractivity contribution is 6.30. The van der Waals surface area contributed by atoms with Crippen LogP contribution in [0.25, 0.3) is 0 Å². The molecule has 3 aromatic rings. The summed E-state index contributed by atoms with van der Waals surface area (Å²) < 4.78 is 5.45. The number of carbonyl (C=O) groups excluding carboxylic acids is 1. The number of para-hydroxylation sites is 1. The van der Waals surface area contributed by atoms with Gasteiger partial charge in [-0.25, -0.2) is 0 Å². The fraction of sp³-hybridized carbons (Fsp3) is 0.208. The highest BCUT2D eigenvalue weighted by atomic mass is 35.5. The first kappa shape index (κ1) is 19.0. The maximum absolute atomic E-state index is 13.5. The number of amides is 1. The highest BCUT2D eigenvalue weighted by Crippen LogP contribution is 2.37. The normalized spacial score (nSPS) is 18.7. The summed E-state index contributed by atoms with van der Waals surface area (Å²) in [6.45, 7) is 3.24. The minimum absolute atomic E-state index is 0.0246. The molecule has 0 radical (unpaired) electrons. The molecule has 0 unspecified atom stereocenters. The molecule has 1 amide bonds. The van der Waals surface area contributed by atoms with Crippen LogP contribution in [-0.4, -0.2) is 32.2 Å². The zero-order chi connectivity index (χ0) is 20.5. The SMILES string of the molecule is O=C1c2ccccc2N[C@H](c2ccc(Cl)cc2)N1c1ccc(N2CCOCC2)cc1. The van der Waals surface area contributed by atoms with Crippen LogP contribution in [0.5, 0.6) is 0 Å². The van der Waals surface area contributed by atoms with Gasteiger partial charge in [-0.3, -0.25) is 9.69 Å². The van der Waals surface area contributed by atoms with Crippen LogP contribution in [0.4, 0.5) is 17.1 Å². The molecule has 0 spiro atoms. The van der Waals surface area contributed by atoms with Crippen LogP contribution in [0, 0.1) is 0 Å². The van der Waals surface area contributed by atoms with Gasteiger partial charge in [0, 0.05) is 35.2 Å². The number of carbonyl (C=O) groups is 1. The molecule has 0 aromatic heterocycles. The van der Waals surface area contributed by atoms with Crippen molar-refractivity contribution in [1.29, 1.82) is 0 Å². The molecule has 2 aliphatic rings. The zero-order valence-electron chi connectivity index (χ0n) is 16.4. The summed E-state index contributed by atoms with van der Waals surface area (Å²) in [4.78, 5) is 17.6. The fourth-order valence-electron chi connectivity index (χ4n) is 4.04. The summed E-state index contributed by atoms with van der Waals surface area (Å²) >= 11 is 6.09. The number of rotatable bonds is 3. The highest BCUT2D eigenvalue weighted by Gasteiger charge is 2.34. The molecule has 5 rings (SSSR count). The van der Waals surface area contributed by atoms with E-state index in [1.807, 2.05) is 65.6 Å². The van der Waals surface area contributed by atoms with Crippen molar-refractivity contribution in [3.05, 3.63) is 88.9 Å². The molecule has 1 saturated heterocycles. The topological polar surface area (TPSA) is 44.8 Å². The van der Waals surface area contributed by atoms with E-state index >= 15 is 0 Å². The summed E-state index contributed by atoms with van der Waals surface area (Å²) in [5, 5.41) is 4.19. The predicted octanol–water partition coefficient (Wildman–Crippen LogP) is 4.95. The minimum atomic E-state index is -0.320. The first-order valence-corrected chi connectivity index (χ1v) is 10.5. The Hall–Kier alpha value is -3.02. The molecule has 30 heavy (non-hydrogen) atoms. The van der Waals surface area contributed by atoms with Crippen LogP contribution in [0.3, 0.4) is 0 Å². The van der Waals surface area contributed by atoms with Crippen molar-refractivity contribution >= 4 is 34.6 Å². The Morgan fingerprint density at radius 1 is 0.867 bits per heavy atom. The molecule has 6 heteroatoms. The zero-order valence-corrected chi connectivity index (χ0v) is 17.2. The number of nitrogens with zero attached hydrogens (tertiary/aromatic N) is 2. The Kier molecular flexibility index (Phi) is 5.07. The quantitative estimate of drug-likeness (QED) is 0.652. The largest absolute Gasteiger partial charge is 0.378 e. The van der Waals surface area contributed by atoms with Crippen molar-refractivity contribution in [2.24, 2.45) is 0 Å². The summed E-state index contributed by atoms with van der Waals surface area (Å²) in [5.41, 5.74) is 4.46. The number of benzene rings is 3. The van der Waals surface area contributed by atoms with Gasteiger partial charge in [-0.2, -0.15) is 0 Å². The van der Waals surface area contributed by atoms with E-state index in [9.17, 15) is 4.79 Å². The summed E-state index contributed by atoms with van der Waals surface area (Å²) in [7, 11) is 0. The lowest BCUT2D eigenvalue weighted by molar-refractivity contribution is 0.0975. The minimum Gasteiger partial charge on any atom is -0.378 e. The predicted molar refractivity (Wildman–Crippen MR) is 121 cm³/mol. The van der Waals surface area contributed by atoms with E-state index in [0.717, 1.165) is 48.9 Å². The molecule has 3 aromatic carbocycles. The summed E-state index contributed by atoms with van der Waals surface area (Å²) in [5.74, 6) is -0.0246. The Morgan fingerprint density at radius 2 is 1.53 bits per heavy atom. The molecule has 1 atom stereocenters. The lowest BCUT2D eigenvalue weighted by Gasteiger charge is -2.38. The van der Waals surface area contributed by atoms with Gasteiger partial charge in [0.2, 0.25) is 0 Å². The first-order chi connectivity index (χ1) is 14.7. The van der Waals surface area contributed by atoms with Crippen molar-refractivity contribution in [3.63, 3.8) is 0 Å². The van der Waals surface area contributed by atoms with Crippen LogP contribution >= 0.6 is 11.6 Å².